The van der Waals surface area contributed by atoms with E-state index in [0.717, 1.165) is 6.92 Å². The van der Waals surface area contributed by atoms with Crippen LogP contribution in [0.1, 0.15) is 8.35 Å². The van der Waals surface area contributed by atoms with E-state index in [4.69, 9.17) is 9.79 Å². The van der Waals surface area contributed by atoms with E-state index in [-0.39, 0.29) is 31.0 Å². The Hall–Kier alpha value is 0.820. The van der Waals surface area contributed by atoms with Crippen molar-refractivity contribution in [2.24, 2.45) is 0 Å². The summed E-state index contributed by atoms with van der Waals surface area (Å²) >= 11 is 0. The first-order chi connectivity index (χ1) is 2.94. The Morgan fingerprint density at radius 1 is 1.62 bits per heavy atom. The number of hydrogen-bond donors (Lipinski definition) is 2. The molecule has 8 heavy (non-hydrogen) atoms. The monoisotopic (exact) mass is 148 g/mol. The normalized spacial score (nSPS) is 9.88. The van der Waals surface area contributed by atoms with Gasteiger partial charge < -0.3 is 11.2 Å². The maximum atomic E-state index is 9.70. The van der Waals surface area contributed by atoms with Crippen LogP contribution in [0.3, 0.4) is 0 Å². The van der Waals surface area contributed by atoms with Crippen molar-refractivity contribution in [2.75, 3.05) is 0 Å². The fourth-order valence-electron chi connectivity index (χ4n) is 0. The zero-order chi connectivity index (χ0) is 6.08. The Kier molecular flexibility index (Phi) is 5.47. The fourth-order valence-corrected chi connectivity index (χ4v) is 0. The van der Waals surface area contributed by atoms with Gasteiger partial charge in [0.1, 0.15) is 0 Å². The van der Waals surface area contributed by atoms with Crippen molar-refractivity contribution in [3.63, 3.8) is 0 Å². The Morgan fingerprint density at radius 3 is 1.75 bits per heavy atom. The van der Waals surface area contributed by atoms with Gasteiger partial charge >= 0.3 is 37.2 Å². The van der Waals surface area contributed by atoms with E-state index in [1.165, 1.54) is 0 Å². The van der Waals surface area contributed by atoms with Gasteiger partial charge in [0, 0.05) is 6.92 Å². The van der Waals surface area contributed by atoms with Crippen LogP contribution in [0.15, 0.2) is 0 Å². The van der Waals surface area contributed by atoms with Crippen LogP contribution in [-0.2, 0) is 9.36 Å². The second-order valence-electron chi connectivity index (χ2n) is 1.06. The van der Waals surface area contributed by atoms with E-state index in [2.05, 4.69) is 0 Å². The van der Waals surface area contributed by atoms with E-state index in [9.17, 15) is 9.36 Å². The molecular weight excluding hydrogens is 142 g/mol. The third kappa shape index (κ3) is 4.97. The van der Waals surface area contributed by atoms with Gasteiger partial charge in [0.05, 0.1) is 0 Å². The minimum Gasteiger partial charge on any atom is -1.00 e. The summed E-state index contributed by atoms with van der Waals surface area (Å²) in [5, 5.41) is 0. The van der Waals surface area contributed by atoms with Crippen LogP contribution in [-0.4, -0.2) is 15.3 Å². The molecule has 0 aliphatic heterocycles. The molecule has 0 aromatic carbocycles. The summed E-state index contributed by atoms with van der Waals surface area (Å²) in [6, 6.07) is 0. The van der Waals surface area contributed by atoms with E-state index >= 15 is 0 Å². The maximum Gasteiger partial charge on any atom is 1.00 e. The average Bonchev–Trinajstić information content (AvgIpc) is 1.31. The van der Waals surface area contributed by atoms with Crippen molar-refractivity contribution in [2.45, 2.75) is 6.92 Å². The van der Waals surface area contributed by atoms with Crippen LogP contribution in [0.2, 0.25) is 0 Å². The van der Waals surface area contributed by atoms with E-state index in [0.29, 0.717) is 0 Å². The molecular formula is C2H6NaO4P. The molecule has 0 spiro atoms. The molecule has 0 amide bonds. The summed E-state index contributed by atoms with van der Waals surface area (Å²) in [6.45, 7) is 0.848. The van der Waals surface area contributed by atoms with Gasteiger partial charge in [0.15, 0.2) is 0 Å². The molecule has 0 aromatic heterocycles. The van der Waals surface area contributed by atoms with Gasteiger partial charge in [0.2, 0.25) is 5.52 Å². The van der Waals surface area contributed by atoms with E-state index in [1.807, 2.05) is 0 Å². The Balaban J connectivity index is -0.000000180. The second-order valence-corrected chi connectivity index (χ2v) is 2.78. The molecule has 0 aliphatic carbocycles. The van der Waals surface area contributed by atoms with Crippen LogP contribution in [0.25, 0.3) is 0 Å². The molecule has 44 valence electrons. The largest absolute Gasteiger partial charge is 1.00 e. The molecule has 4 nitrogen and oxygen atoms in total. The molecule has 0 unspecified atom stereocenters. The summed E-state index contributed by atoms with van der Waals surface area (Å²) in [6.07, 6.45) is 0. The molecule has 0 radical (unpaired) electrons. The van der Waals surface area contributed by atoms with Crippen LogP contribution >= 0.6 is 7.60 Å². The number of carbonyl (C=O) groups excluding carboxylic acids is 1. The summed E-state index contributed by atoms with van der Waals surface area (Å²) in [5.74, 6) is 0. The van der Waals surface area contributed by atoms with E-state index in [1.54, 1.807) is 0 Å². The van der Waals surface area contributed by atoms with E-state index < -0.39 is 13.1 Å². The third-order valence-electron chi connectivity index (χ3n) is 0.410. The van der Waals surface area contributed by atoms with Crippen molar-refractivity contribution in [1.82, 2.24) is 0 Å². The van der Waals surface area contributed by atoms with Gasteiger partial charge in [-0.1, -0.05) is 0 Å². The smallest absolute Gasteiger partial charge is 1.00 e. The minimum absolute atomic E-state index is 0. The average molecular weight is 148 g/mol. The van der Waals surface area contributed by atoms with Crippen molar-refractivity contribution in [3.05, 3.63) is 0 Å². The zero-order valence-corrected chi connectivity index (χ0v) is 7.55. The molecule has 0 atom stereocenters. The van der Waals surface area contributed by atoms with Crippen molar-refractivity contribution in [3.8, 4) is 0 Å². The molecule has 0 rings (SSSR count). The summed E-state index contributed by atoms with van der Waals surface area (Å²) < 4.78 is 9.68. The topological polar surface area (TPSA) is 74.6 Å². The fraction of sp³-hybridized carbons (Fsp3) is 0.500. The minimum atomic E-state index is -4.38. The van der Waals surface area contributed by atoms with Gasteiger partial charge in [-0.3, -0.25) is 9.36 Å². The molecule has 0 aliphatic rings. The quantitative estimate of drug-likeness (QED) is 0.304. The number of rotatable bonds is 1. The Labute approximate surface area is 70.2 Å². The molecule has 0 saturated carbocycles. The standard InChI is InChI=1S/C2H5O4P.Na.H/c1-2(3)7(4,5)6;;/h1H3,(H2,4,5,6);;/q;+1;-1. The summed E-state index contributed by atoms with van der Waals surface area (Å²) in [5.41, 5.74) is -1.09. The molecule has 2 N–H and O–H groups in total. The first kappa shape index (κ1) is 11.6. The molecule has 0 heterocycles. The van der Waals surface area contributed by atoms with Gasteiger partial charge in [-0.05, 0) is 0 Å². The van der Waals surface area contributed by atoms with Crippen molar-refractivity contribution >= 4 is 13.1 Å². The predicted octanol–water partition coefficient (Wildman–Crippen LogP) is -3.17. The van der Waals surface area contributed by atoms with Gasteiger partial charge in [-0.15, -0.1) is 0 Å². The second kappa shape index (κ2) is 3.77. The van der Waals surface area contributed by atoms with Gasteiger partial charge in [-0.25, -0.2) is 0 Å². The number of carbonyl (C=O) groups is 1. The van der Waals surface area contributed by atoms with Gasteiger partial charge in [0.25, 0.3) is 0 Å². The zero-order valence-electron chi connectivity index (χ0n) is 5.66. The van der Waals surface area contributed by atoms with Crippen molar-refractivity contribution in [1.29, 1.82) is 0 Å². The first-order valence-corrected chi connectivity index (χ1v) is 3.12. The molecule has 0 saturated heterocycles. The number of hydrogen-bond acceptors (Lipinski definition) is 2. The van der Waals surface area contributed by atoms with Crippen LogP contribution in [0.5, 0.6) is 0 Å². The Bertz CT molecular complexity index is 131. The Morgan fingerprint density at radius 2 is 1.75 bits per heavy atom. The van der Waals surface area contributed by atoms with Crippen molar-refractivity contribution < 1.29 is 50.1 Å². The SMILES string of the molecule is CC(=O)P(=O)(O)O.[H-].[Na+]. The van der Waals surface area contributed by atoms with Crippen LogP contribution < -0.4 is 29.6 Å². The molecule has 0 fully saturated rings. The van der Waals surface area contributed by atoms with Crippen LogP contribution in [0, 0.1) is 0 Å². The molecule has 0 bridgehead atoms. The molecule has 0 aromatic rings. The van der Waals surface area contributed by atoms with Crippen LogP contribution in [0.4, 0.5) is 0 Å². The maximum absolute atomic E-state index is 9.70. The summed E-state index contributed by atoms with van der Waals surface area (Å²) in [7, 11) is -4.38. The third-order valence-corrected chi connectivity index (χ3v) is 1.23. The summed E-state index contributed by atoms with van der Waals surface area (Å²) in [4.78, 5) is 25.4. The van der Waals surface area contributed by atoms with Gasteiger partial charge in [-0.2, -0.15) is 0 Å². The molecule has 6 heteroatoms. The first-order valence-electron chi connectivity index (χ1n) is 1.51. The predicted molar refractivity (Wildman–Crippen MR) is 23.8 cm³/mol.